The summed E-state index contributed by atoms with van der Waals surface area (Å²) < 4.78 is 6.74. The van der Waals surface area contributed by atoms with Gasteiger partial charge in [0.1, 0.15) is 0 Å². The highest BCUT2D eigenvalue weighted by atomic mass is 16.5. The summed E-state index contributed by atoms with van der Waals surface area (Å²) in [4.78, 5) is 20.9. The van der Waals surface area contributed by atoms with Gasteiger partial charge in [-0.15, -0.1) is 0 Å². The van der Waals surface area contributed by atoms with Gasteiger partial charge in [0.05, 0.1) is 17.9 Å². The van der Waals surface area contributed by atoms with Gasteiger partial charge in [-0.2, -0.15) is 10.1 Å². The number of urea groups is 1. The molecule has 1 saturated heterocycles. The Balaban J connectivity index is 1.35. The lowest BCUT2D eigenvalue weighted by Gasteiger charge is -2.34. The third kappa shape index (κ3) is 3.98. The highest BCUT2D eigenvalue weighted by Crippen LogP contribution is 2.20. The van der Waals surface area contributed by atoms with Crippen molar-refractivity contribution in [1.29, 1.82) is 0 Å². The molecule has 0 aliphatic carbocycles. The van der Waals surface area contributed by atoms with Crippen LogP contribution in [0, 0.1) is 6.92 Å². The molecule has 1 fully saturated rings. The molecule has 3 aromatic rings. The number of piperazine rings is 1. The number of carbonyl (C=O) groups excluding carboxylic acids is 1. The molecule has 0 saturated carbocycles. The van der Waals surface area contributed by atoms with Crippen molar-refractivity contribution in [3.63, 3.8) is 0 Å². The Morgan fingerprint density at radius 3 is 2.70 bits per heavy atom. The molecule has 4 rings (SSSR count). The minimum Gasteiger partial charge on any atom is -0.340 e. The second kappa shape index (κ2) is 7.58. The Bertz CT molecular complexity index is 898. The molecule has 0 spiro atoms. The van der Waals surface area contributed by atoms with Crippen molar-refractivity contribution in [1.82, 2.24) is 29.7 Å². The van der Waals surface area contributed by atoms with Crippen molar-refractivity contribution >= 4 is 11.7 Å². The zero-order valence-corrected chi connectivity index (χ0v) is 15.1. The molecule has 140 valence electrons. The minimum absolute atomic E-state index is 0.107. The highest BCUT2D eigenvalue weighted by molar-refractivity contribution is 5.91. The van der Waals surface area contributed by atoms with Crippen LogP contribution in [-0.2, 0) is 6.54 Å². The third-order valence-electron chi connectivity index (χ3n) is 4.49. The van der Waals surface area contributed by atoms with Gasteiger partial charge in [-0.25, -0.2) is 9.48 Å². The monoisotopic (exact) mass is 367 g/mol. The lowest BCUT2D eigenvalue weighted by atomic mass is 10.2. The van der Waals surface area contributed by atoms with Crippen molar-refractivity contribution in [2.75, 3.05) is 31.5 Å². The van der Waals surface area contributed by atoms with Crippen LogP contribution in [0.3, 0.4) is 0 Å². The van der Waals surface area contributed by atoms with Gasteiger partial charge in [0.15, 0.2) is 5.82 Å². The zero-order valence-electron chi connectivity index (χ0n) is 15.1. The van der Waals surface area contributed by atoms with Crippen molar-refractivity contribution in [2.24, 2.45) is 0 Å². The van der Waals surface area contributed by atoms with Crippen molar-refractivity contribution < 1.29 is 9.32 Å². The van der Waals surface area contributed by atoms with Crippen molar-refractivity contribution in [2.45, 2.75) is 13.5 Å². The number of aryl methyl sites for hydroxylation is 1. The van der Waals surface area contributed by atoms with E-state index in [1.807, 2.05) is 41.4 Å². The molecular formula is C18H21N7O2. The molecule has 0 atom stereocenters. The predicted molar refractivity (Wildman–Crippen MR) is 98.5 cm³/mol. The van der Waals surface area contributed by atoms with Gasteiger partial charge in [0.25, 0.3) is 0 Å². The second-order valence-electron chi connectivity index (χ2n) is 6.39. The Morgan fingerprint density at radius 2 is 2.00 bits per heavy atom. The topological polar surface area (TPSA) is 92.3 Å². The molecule has 0 radical (unpaired) electrons. The van der Waals surface area contributed by atoms with Crippen LogP contribution < -0.4 is 5.32 Å². The van der Waals surface area contributed by atoms with Crippen LogP contribution in [-0.4, -0.2) is 61.9 Å². The second-order valence-corrected chi connectivity index (χ2v) is 6.39. The van der Waals surface area contributed by atoms with Crippen LogP contribution in [0.5, 0.6) is 0 Å². The lowest BCUT2D eigenvalue weighted by Crippen LogP contribution is -2.49. The van der Waals surface area contributed by atoms with Crippen LogP contribution in [0.1, 0.15) is 11.7 Å². The molecule has 1 aliphatic heterocycles. The molecule has 2 amide bonds. The standard InChI is InChI=1S/C18H21N7O2/c1-14-20-17(22-27-14)13-23-9-11-24(12-10-23)18(26)21-15-5-2-3-6-16(15)25-8-4-7-19-25/h2-8H,9-13H2,1H3,(H,21,26). The Hall–Kier alpha value is -3.20. The largest absolute Gasteiger partial charge is 0.340 e. The molecule has 1 aliphatic rings. The van der Waals surface area contributed by atoms with Crippen LogP contribution in [0.4, 0.5) is 10.5 Å². The number of nitrogens with zero attached hydrogens (tertiary/aromatic N) is 6. The van der Waals surface area contributed by atoms with Gasteiger partial charge in [-0.05, 0) is 18.2 Å². The van der Waals surface area contributed by atoms with Gasteiger partial charge < -0.3 is 14.7 Å². The lowest BCUT2D eigenvalue weighted by molar-refractivity contribution is 0.140. The Kier molecular flexibility index (Phi) is 4.84. The summed E-state index contributed by atoms with van der Waals surface area (Å²) >= 11 is 0. The molecule has 9 heteroatoms. The minimum atomic E-state index is -0.107. The fourth-order valence-electron chi connectivity index (χ4n) is 3.10. The van der Waals surface area contributed by atoms with E-state index >= 15 is 0 Å². The van der Waals surface area contributed by atoms with E-state index in [-0.39, 0.29) is 6.03 Å². The SMILES string of the molecule is Cc1nc(CN2CCN(C(=O)Nc3ccccc3-n3cccn3)CC2)no1. The normalized spacial score (nSPS) is 15.1. The molecule has 1 N–H and O–H groups in total. The predicted octanol–water partition coefficient (Wildman–Crippen LogP) is 1.91. The summed E-state index contributed by atoms with van der Waals surface area (Å²) in [7, 11) is 0. The number of anilines is 1. The fraction of sp³-hybridized carbons (Fsp3) is 0.333. The Labute approximate surface area is 156 Å². The van der Waals surface area contributed by atoms with Crippen LogP contribution in [0.2, 0.25) is 0 Å². The maximum atomic E-state index is 12.7. The number of aromatic nitrogens is 4. The smallest absolute Gasteiger partial charge is 0.321 e. The number of hydrogen-bond donors (Lipinski definition) is 1. The van der Waals surface area contributed by atoms with E-state index in [0.717, 1.165) is 24.5 Å². The third-order valence-corrected chi connectivity index (χ3v) is 4.49. The molecule has 9 nitrogen and oxygen atoms in total. The molecule has 0 unspecified atom stereocenters. The first-order valence-electron chi connectivity index (χ1n) is 8.85. The van der Waals surface area contributed by atoms with Crippen LogP contribution in [0.15, 0.2) is 47.2 Å². The average molecular weight is 367 g/mol. The first kappa shape index (κ1) is 17.2. The van der Waals surface area contributed by atoms with E-state index in [9.17, 15) is 4.79 Å². The molecule has 2 aromatic heterocycles. The van der Waals surface area contributed by atoms with E-state index in [0.29, 0.717) is 31.3 Å². The average Bonchev–Trinajstić information content (AvgIpc) is 3.35. The number of amides is 2. The maximum Gasteiger partial charge on any atom is 0.321 e. The number of nitrogens with one attached hydrogen (secondary N) is 1. The summed E-state index contributed by atoms with van der Waals surface area (Å²) in [6.45, 7) is 5.23. The fourth-order valence-corrected chi connectivity index (χ4v) is 3.10. The van der Waals surface area contributed by atoms with E-state index in [1.54, 1.807) is 17.8 Å². The van der Waals surface area contributed by atoms with Gasteiger partial charge >= 0.3 is 6.03 Å². The van der Waals surface area contributed by atoms with Crippen molar-refractivity contribution in [3.05, 3.63) is 54.4 Å². The number of hydrogen-bond acceptors (Lipinski definition) is 6. The number of carbonyl (C=O) groups is 1. The summed E-state index contributed by atoms with van der Waals surface area (Å²) in [5.41, 5.74) is 1.57. The molecule has 27 heavy (non-hydrogen) atoms. The zero-order chi connectivity index (χ0) is 18.6. The van der Waals surface area contributed by atoms with Crippen molar-refractivity contribution in [3.8, 4) is 5.69 Å². The van der Waals surface area contributed by atoms with E-state index in [2.05, 4.69) is 25.5 Å². The van der Waals surface area contributed by atoms with Crippen LogP contribution in [0.25, 0.3) is 5.69 Å². The quantitative estimate of drug-likeness (QED) is 0.757. The molecule has 1 aromatic carbocycles. The Morgan fingerprint density at radius 1 is 1.19 bits per heavy atom. The summed E-state index contributed by atoms with van der Waals surface area (Å²) in [5.74, 6) is 1.25. The maximum absolute atomic E-state index is 12.7. The summed E-state index contributed by atoms with van der Waals surface area (Å²) in [6.07, 6.45) is 3.56. The summed E-state index contributed by atoms with van der Waals surface area (Å²) in [5, 5.41) is 11.2. The molecule has 0 bridgehead atoms. The van der Waals surface area contributed by atoms with E-state index in [4.69, 9.17) is 4.52 Å². The molecular weight excluding hydrogens is 346 g/mol. The van der Waals surface area contributed by atoms with Gasteiger partial charge in [0, 0.05) is 45.5 Å². The van der Waals surface area contributed by atoms with E-state index < -0.39 is 0 Å². The highest BCUT2D eigenvalue weighted by Gasteiger charge is 2.23. The van der Waals surface area contributed by atoms with Crippen LogP contribution >= 0.6 is 0 Å². The van der Waals surface area contributed by atoms with E-state index in [1.165, 1.54) is 0 Å². The van der Waals surface area contributed by atoms with Gasteiger partial charge in [-0.3, -0.25) is 4.90 Å². The number of benzene rings is 1. The molecule has 3 heterocycles. The van der Waals surface area contributed by atoms with Gasteiger partial charge in [0.2, 0.25) is 5.89 Å². The number of rotatable bonds is 4. The van der Waals surface area contributed by atoms with Gasteiger partial charge in [-0.1, -0.05) is 17.3 Å². The summed E-state index contributed by atoms with van der Waals surface area (Å²) in [6, 6.07) is 9.36. The first-order chi connectivity index (χ1) is 13.2. The first-order valence-corrected chi connectivity index (χ1v) is 8.85. The number of para-hydroxylation sites is 2.